The number of halogens is 1. The molecule has 33 heavy (non-hydrogen) atoms. The Morgan fingerprint density at radius 1 is 0.727 bits per heavy atom. The second-order valence-electron chi connectivity index (χ2n) is 8.84. The lowest BCUT2D eigenvalue weighted by Crippen LogP contribution is -1.97. The molecule has 1 heterocycles. The van der Waals surface area contributed by atoms with Crippen LogP contribution in [0.4, 0.5) is 4.39 Å². The van der Waals surface area contributed by atoms with Crippen molar-refractivity contribution in [3.8, 4) is 28.1 Å². The zero-order chi connectivity index (χ0) is 23.3. The highest BCUT2D eigenvalue weighted by atomic mass is 19.1. The molecular weight excluding hydrogens is 409 g/mol. The van der Waals surface area contributed by atoms with Crippen LogP contribution in [0.1, 0.15) is 77.2 Å². The molecule has 2 nitrogen and oxygen atoms in total. The normalized spacial score (nSPS) is 11.0. The molecule has 0 aliphatic heterocycles. The van der Waals surface area contributed by atoms with Gasteiger partial charge in [-0.3, -0.25) is 4.98 Å². The largest absolute Gasteiger partial charge is 0.494 e. The molecule has 3 rings (SSSR count). The van der Waals surface area contributed by atoms with Crippen molar-refractivity contribution in [2.75, 3.05) is 6.61 Å². The van der Waals surface area contributed by atoms with Crippen molar-refractivity contribution in [3.63, 3.8) is 0 Å². The van der Waals surface area contributed by atoms with Gasteiger partial charge < -0.3 is 4.74 Å². The summed E-state index contributed by atoms with van der Waals surface area (Å²) in [6, 6.07) is 17.6. The number of hydrogen-bond acceptors (Lipinski definition) is 2. The fourth-order valence-corrected chi connectivity index (χ4v) is 4.04. The number of rotatable bonds is 14. The van der Waals surface area contributed by atoms with Gasteiger partial charge in [0.25, 0.3) is 0 Å². The summed E-state index contributed by atoms with van der Waals surface area (Å²) in [6.45, 7) is 5.19. The predicted molar refractivity (Wildman–Crippen MR) is 137 cm³/mol. The second kappa shape index (κ2) is 13.8. The molecule has 0 saturated carbocycles. The molecular formula is C30H38FNO. The Labute approximate surface area is 199 Å². The highest BCUT2D eigenvalue weighted by molar-refractivity contribution is 5.67. The molecule has 0 aliphatic rings. The SMILES string of the molecule is CCCCCCCCOc1ccc(-c2ccc(-c3ccc(CCCCC)cc3F)nc2)cc1. The van der Waals surface area contributed by atoms with Crippen molar-refractivity contribution in [2.24, 2.45) is 0 Å². The maximum Gasteiger partial charge on any atom is 0.132 e. The Balaban J connectivity index is 1.53. The third-order valence-electron chi connectivity index (χ3n) is 6.10. The smallest absolute Gasteiger partial charge is 0.132 e. The van der Waals surface area contributed by atoms with Crippen LogP contribution in [0.2, 0.25) is 0 Å². The van der Waals surface area contributed by atoms with E-state index >= 15 is 0 Å². The lowest BCUT2D eigenvalue weighted by molar-refractivity contribution is 0.304. The first-order valence-electron chi connectivity index (χ1n) is 12.7. The molecule has 0 spiro atoms. The molecule has 0 saturated heterocycles. The predicted octanol–water partition coefficient (Wildman–Crippen LogP) is 9.03. The van der Waals surface area contributed by atoms with Gasteiger partial charge in [-0.25, -0.2) is 4.39 Å². The summed E-state index contributed by atoms with van der Waals surface area (Å²) in [5, 5.41) is 0. The minimum absolute atomic E-state index is 0.198. The van der Waals surface area contributed by atoms with Crippen molar-refractivity contribution >= 4 is 0 Å². The summed E-state index contributed by atoms with van der Waals surface area (Å²) < 4.78 is 20.5. The fourth-order valence-electron chi connectivity index (χ4n) is 4.04. The van der Waals surface area contributed by atoms with E-state index in [0.717, 1.165) is 48.3 Å². The summed E-state index contributed by atoms with van der Waals surface area (Å²) in [7, 11) is 0. The average Bonchev–Trinajstić information content (AvgIpc) is 2.84. The monoisotopic (exact) mass is 447 g/mol. The summed E-state index contributed by atoms with van der Waals surface area (Å²) in [6.07, 6.45) is 13.8. The highest BCUT2D eigenvalue weighted by Crippen LogP contribution is 2.27. The van der Waals surface area contributed by atoms with Gasteiger partial charge in [0.15, 0.2) is 0 Å². The van der Waals surface area contributed by atoms with Crippen LogP contribution in [-0.2, 0) is 6.42 Å². The van der Waals surface area contributed by atoms with Crippen LogP contribution in [0.15, 0.2) is 60.8 Å². The number of aryl methyl sites for hydroxylation is 1. The van der Waals surface area contributed by atoms with Crippen molar-refractivity contribution in [3.05, 3.63) is 72.2 Å². The quantitative estimate of drug-likeness (QED) is 0.230. The van der Waals surface area contributed by atoms with Crippen LogP contribution >= 0.6 is 0 Å². The number of benzene rings is 2. The maximum absolute atomic E-state index is 14.7. The van der Waals surface area contributed by atoms with Crippen LogP contribution in [0.5, 0.6) is 5.75 Å². The topological polar surface area (TPSA) is 22.1 Å². The first-order valence-corrected chi connectivity index (χ1v) is 12.7. The van der Waals surface area contributed by atoms with Gasteiger partial charge in [-0.1, -0.05) is 83.1 Å². The van der Waals surface area contributed by atoms with Crippen LogP contribution < -0.4 is 4.74 Å². The van der Waals surface area contributed by atoms with Crippen molar-refractivity contribution in [1.82, 2.24) is 4.98 Å². The second-order valence-corrected chi connectivity index (χ2v) is 8.84. The molecule has 0 fully saturated rings. The molecule has 0 radical (unpaired) electrons. The van der Waals surface area contributed by atoms with E-state index in [1.165, 1.54) is 44.9 Å². The Morgan fingerprint density at radius 2 is 1.42 bits per heavy atom. The molecule has 0 N–H and O–H groups in total. The van der Waals surface area contributed by atoms with E-state index in [2.05, 4.69) is 31.0 Å². The van der Waals surface area contributed by atoms with E-state index < -0.39 is 0 Å². The van der Waals surface area contributed by atoms with E-state index in [4.69, 9.17) is 4.74 Å². The third kappa shape index (κ3) is 7.99. The lowest BCUT2D eigenvalue weighted by Gasteiger charge is -2.09. The maximum atomic E-state index is 14.7. The zero-order valence-electron chi connectivity index (χ0n) is 20.3. The minimum Gasteiger partial charge on any atom is -0.494 e. The number of hydrogen-bond donors (Lipinski definition) is 0. The average molecular weight is 448 g/mol. The number of aromatic nitrogens is 1. The van der Waals surface area contributed by atoms with Gasteiger partial charge in [0.2, 0.25) is 0 Å². The summed E-state index contributed by atoms with van der Waals surface area (Å²) >= 11 is 0. The van der Waals surface area contributed by atoms with E-state index in [-0.39, 0.29) is 5.82 Å². The number of unbranched alkanes of at least 4 members (excludes halogenated alkanes) is 7. The molecule has 1 aromatic heterocycles. The number of nitrogens with zero attached hydrogens (tertiary/aromatic N) is 1. The van der Waals surface area contributed by atoms with E-state index in [1.54, 1.807) is 6.07 Å². The van der Waals surface area contributed by atoms with Gasteiger partial charge in [-0.15, -0.1) is 0 Å². The standard InChI is InChI=1S/C30H38FNO/c1-3-5-7-8-9-11-21-33-27-17-14-25(15-18-27)26-16-20-30(32-23-26)28-19-13-24(22-29(28)31)12-10-6-4-2/h13-20,22-23H,3-12,21H2,1-2H3. The van der Waals surface area contributed by atoms with E-state index in [0.29, 0.717) is 11.3 Å². The van der Waals surface area contributed by atoms with Gasteiger partial charge in [0.05, 0.1) is 12.3 Å². The fraction of sp³-hybridized carbons (Fsp3) is 0.433. The van der Waals surface area contributed by atoms with Gasteiger partial charge >= 0.3 is 0 Å². The number of ether oxygens (including phenoxy) is 1. The highest BCUT2D eigenvalue weighted by Gasteiger charge is 2.08. The molecule has 176 valence electrons. The molecule has 0 unspecified atom stereocenters. The molecule has 3 heteroatoms. The molecule has 2 aromatic carbocycles. The van der Waals surface area contributed by atoms with Crippen LogP contribution in [-0.4, -0.2) is 11.6 Å². The first kappa shape index (κ1) is 25.0. The van der Waals surface area contributed by atoms with Gasteiger partial charge in [0.1, 0.15) is 11.6 Å². The van der Waals surface area contributed by atoms with Gasteiger partial charge in [-0.2, -0.15) is 0 Å². The molecule has 0 amide bonds. The lowest BCUT2D eigenvalue weighted by atomic mass is 10.0. The Morgan fingerprint density at radius 3 is 2.12 bits per heavy atom. The molecule has 0 atom stereocenters. The van der Waals surface area contributed by atoms with Crippen LogP contribution in [0.25, 0.3) is 22.4 Å². The van der Waals surface area contributed by atoms with E-state index in [1.807, 2.05) is 42.6 Å². The summed E-state index contributed by atoms with van der Waals surface area (Å²) in [5.74, 6) is 0.703. The molecule has 0 aliphatic carbocycles. The Kier molecular flexibility index (Phi) is 10.4. The summed E-state index contributed by atoms with van der Waals surface area (Å²) in [4.78, 5) is 4.53. The molecule has 3 aromatic rings. The van der Waals surface area contributed by atoms with Gasteiger partial charge in [-0.05, 0) is 60.7 Å². The molecule has 0 bridgehead atoms. The Bertz CT molecular complexity index is 950. The van der Waals surface area contributed by atoms with Gasteiger partial charge in [0, 0.05) is 17.3 Å². The third-order valence-corrected chi connectivity index (χ3v) is 6.10. The van der Waals surface area contributed by atoms with Crippen molar-refractivity contribution in [2.45, 2.75) is 78.1 Å². The van der Waals surface area contributed by atoms with Crippen molar-refractivity contribution < 1.29 is 9.13 Å². The Hall–Kier alpha value is -2.68. The van der Waals surface area contributed by atoms with E-state index in [9.17, 15) is 4.39 Å². The zero-order valence-corrected chi connectivity index (χ0v) is 20.3. The summed E-state index contributed by atoms with van der Waals surface area (Å²) in [5.41, 5.74) is 4.36. The first-order chi connectivity index (χ1) is 16.2. The van der Waals surface area contributed by atoms with Crippen molar-refractivity contribution in [1.29, 1.82) is 0 Å². The van der Waals surface area contributed by atoms with Crippen LogP contribution in [0, 0.1) is 5.82 Å². The number of pyridine rings is 1. The minimum atomic E-state index is -0.198. The van der Waals surface area contributed by atoms with Crippen LogP contribution in [0.3, 0.4) is 0 Å².